The van der Waals surface area contributed by atoms with Crippen LogP contribution in [0.25, 0.3) is 0 Å². The second-order valence-electron chi connectivity index (χ2n) is 3.43. The quantitative estimate of drug-likeness (QED) is 0.748. The Morgan fingerprint density at radius 3 is 2.47 bits per heavy atom. The summed E-state index contributed by atoms with van der Waals surface area (Å²) in [6.07, 6.45) is 0. The highest BCUT2D eigenvalue weighted by atomic mass is 79.9. The van der Waals surface area contributed by atoms with Crippen LogP contribution in [0, 0.1) is 5.82 Å². The average molecular weight is 314 g/mol. The number of carbonyl (C=O) groups excluding carboxylic acids is 1. The Labute approximate surface area is 111 Å². The molecule has 0 aliphatic carbocycles. The van der Waals surface area contributed by atoms with Gasteiger partial charge in [-0.2, -0.15) is 0 Å². The number of hydrogen-bond donors (Lipinski definition) is 0. The van der Waals surface area contributed by atoms with E-state index in [2.05, 4.69) is 15.9 Å². The van der Waals surface area contributed by atoms with Gasteiger partial charge in [0.25, 0.3) is 0 Å². The van der Waals surface area contributed by atoms with Crippen LogP contribution >= 0.6 is 27.5 Å². The highest BCUT2D eigenvalue weighted by Crippen LogP contribution is 2.24. The van der Waals surface area contributed by atoms with Crippen molar-refractivity contribution < 1.29 is 9.18 Å². The number of ketones is 1. The lowest BCUT2D eigenvalue weighted by atomic mass is 10.0. The molecule has 0 radical (unpaired) electrons. The zero-order valence-electron chi connectivity index (χ0n) is 8.58. The van der Waals surface area contributed by atoms with Crippen LogP contribution in [0.2, 0.25) is 5.02 Å². The van der Waals surface area contributed by atoms with E-state index in [9.17, 15) is 9.18 Å². The lowest BCUT2D eigenvalue weighted by Crippen LogP contribution is -2.04. The van der Waals surface area contributed by atoms with Gasteiger partial charge in [-0.1, -0.05) is 39.7 Å². The molecule has 0 spiro atoms. The molecule has 0 fully saturated rings. The van der Waals surface area contributed by atoms with Gasteiger partial charge in [-0.3, -0.25) is 4.79 Å². The van der Waals surface area contributed by atoms with Gasteiger partial charge in [-0.15, -0.1) is 0 Å². The van der Waals surface area contributed by atoms with Gasteiger partial charge >= 0.3 is 0 Å². The van der Waals surface area contributed by atoms with Gasteiger partial charge in [0.05, 0.1) is 10.6 Å². The first-order chi connectivity index (χ1) is 8.09. The molecule has 0 aliphatic rings. The van der Waals surface area contributed by atoms with Gasteiger partial charge in [0, 0.05) is 10.0 Å². The third-order valence-electron chi connectivity index (χ3n) is 2.29. The fraction of sp³-hybridized carbons (Fsp3) is 0. The van der Waals surface area contributed by atoms with Crippen LogP contribution in [0.4, 0.5) is 4.39 Å². The number of carbonyl (C=O) groups is 1. The Hall–Kier alpha value is -1.19. The third kappa shape index (κ3) is 2.56. The Kier molecular flexibility index (Phi) is 3.60. The lowest BCUT2D eigenvalue weighted by Gasteiger charge is -2.05. The number of rotatable bonds is 2. The van der Waals surface area contributed by atoms with E-state index in [0.717, 1.165) is 4.47 Å². The lowest BCUT2D eigenvalue weighted by molar-refractivity contribution is 0.103. The van der Waals surface area contributed by atoms with Crippen molar-refractivity contribution in [1.82, 2.24) is 0 Å². The average Bonchev–Trinajstić information content (AvgIpc) is 2.29. The van der Waals surface area contributed by atoms with Gasteiger partial charge in [0.1, 0.15) is 5.82 Å². The van der Waals surface area contributed by atoms with Crippen LogP contribution in [0.15, 0.2) is 46.9 Å². The molecule has 2 rings (SSSR count). The van der Waals surface area contributed by atoms with Crippen molar-refractivity contribution in [2.75, 3.05) is 0 Å². The van der Waals surface area contributed by atoms with E-state index >= 15 is 0 Å². The molecular formula is C13H7BrClFO. The van der Waals surface area contributed by atoms with E-state index in [4.69, 9.17) is 11.6 Å². The van der Waals surface area contributed by atoms with Gasteiger partial charge in [-0.25, -0.2) is 4.39 Å². The summed E-state index contributed by atoms with van der Waals surface area (Å²) in [5.74, 6) is -0.961. The largest absolute Gasteiger partial charge is 0.288 e. The summed E-state index contributed by atoms with van der Waals surface area (Å²) in [4.78, 5) is 12.1. The van der Waals surface area contributed by atoms with Crippen molar-refractivity contribution in [3.8, 4) is 0 Å². The standard InChI is InChI=1S/C13H7BrClFO/c14-8-5-6-9(11(15)7-8)13(17)10-3-1-2-4-12(10)16/h1-7H. The van der Waals surface area contributed by atoms with Gasteiger partial charge in [0.15, 0.2) is 5.78 Å². The van der Waals surface area contributed by atoms with Crippen LogP contribution in [0.3, 0.4) is 0 Å². The Morgan fingerprint density at radius 2 is 1.82 bits per heavy atom. The summed E-state index contributed by atoms with van der Waals surface area (Å²) in [6.45, 7) is 0. The topological polar surface area (TPSA) is 17.1 Å². The predicted molar refractivity (Wildman–Crippen MR) is 69.0 cm³/mol. The van der Waals surface area contributed by atoms with Crippen molar-refractivity contribution in [2.24, 2.45) is 0 Å². The van der Waals surface area contributed by atoms with Crippen molar-refractivity contribution >= 4 is 33.3 Å². The molecule has 0 saturated heterocycles. The van der Waals surface area contributed by atoms with E-state index < -0.39 is 11.6 Å². The highest BCUT2D eigenvalue weighted by Gasteiger charge is 2.16. The zero-order chi connectivity index (χ0) is 12.4. The first-order valence-corrected chi connectivity index (χ1v) is 6.01. The molecule has 17 heavy (non-hydrogen) atoms. The second-order valence-corrected chi connectivity index (χ2v) is 4.76. The molecule has 0 saturated carbocycles. The first-order valence-electron chi connectivity index (χ1n) is 4.84. The maximum Gasteiger partial charge on any atom is 0.197 e. The van der Waals surface area contributed by atoms with Crippen LogP contribution < -0.4 is 0 Å². The van der Waals surface area contributed by atoms with E-state index in [1.807, 2.05) is 0 Å². The fourth-order valence-electron chi connectivity index (χ4n) is 1.46. The van der Waals surface area contributed by atoms with Crippen molar-refractivity contribution in [3.63, 3.8) is 0 Å². The molecule has 0 atom stereocenters. The summed E-state index contributed by atoms with van der Waals surface area (Å²) in [7, 11) is 0. The minimum absolute atomic E-state index is 0.0247. The molecular weight excluding hydrogens is 306 g/mol. The number of halogens is 3. The smallest absolute Gasteiger partial charge is 0.197 e. The van der Waals surface area contributed by atoms with Crippen LogP contribution in [0.1, 0.15) is 15.9 Å². The fourth-order valence-corrected chi connectivity index (χ4v) is 2.22. The normalized spacial score (nSPS) is 10.3. The van der Waals surface area contributed by atoms with Crippen molar-refractivity contribution in [2.45, 2.75) is 0 Å². The Balaban J connectivity index is 2.48. The first kappa shape index (κ1) is 12.3. The summed E-state index contributed by atoms with van der Waals surface area (Å²) in [6, 6.07) is 10.7. The summed E-state index contributed by atoms with van der Waals surface area (Å²) >= 11 is 9.20. The highest BCUT2D eigenvalue weighted by molar-refractivity contribution is 9.10. The van der Waals surface area contributed by atoms with E-state index in [1.165, 1.54) is 18.2 Å². The van der Waals surface area contributed by atoms with Crippen molar-refractivity contribution in [1.29, 1.82) is 0 Å². The van der Waals surface area contributed by atoms with E-state index in [0.29, 0.717) is 10.6 Å². The van der Waals surface area contributed by atoms with Crippen LogP contribution in [0.5, 0.6) is 0 Å². The molecule has 0 N–H and O–H groups in total. The molecule has 0 amide bonds. The Morgan fingerprint density at radius 1 is 1.12 bits per heavy atom. The van der Waals surface area contributed by atoms with E-state index in [1.54, 1.807) is 24.3 Å². The molecule has 0 unspecified atom stereocenters. The van der Waals surface area contributed by atoms with Crippen molar-refractivity contribution in [3.05, 3.63) is 68.9 Å². The monoisotopic (exact) mass is 312 g/mol. The van der Waals surface area contributed by atoms with Crippen LogP contribution in [-0.2, 0) is 0 Å². The maximum atomic E-state index is 13.5. The molecule has 1 nitrogen and oxygen atoms in total. The molecule has 0 heterocycles. The maximum absolute atomic E-state index is 13.5. The van der Waals surface area contributed by atoms with Gasteiger partial charge < -0.3 is 0 Å². The van der Waals surface area contributed by atoms with Gasteiger partial charge in [0.2, 0.25) is 0 Å². The second kappa shape index (κ2) is 4.98. The predicted octanol–water partition coefficient (Wildman–Crippen LogP) is 4.47. The van der Waals surface area contributed by atoms with Gasteiger partial charge in [-0.05, 0) is 30.3 Å². The van der Waals surface area contributed by atoms with E-state index in [-0.39, 0.29) is 5.56 Å². The summed E-state index contributed by atoms with van der Waals surface area (Å²) < 4.78 is 14.2. The Bertz CT molecular complexity index is 583. The number of hydrogen-bond acceptors (Lipinski definition) is 1. The third-order valence-corrected chi connectivity index (χ3v) is 3.10. The van der Waals surface area contributed by atoms with Crippen LogP contribution in [-0.4, -0.2) is 5.78 Å². The molecule has 0 aliphatic heterocycles. The zero-order valence-corrected chi connectivity index (χ0v) is 10.9. The minimum Gasteiger partial charge on any atom is -0.288 e. The molecule has 0 aromatic heterocycles. The molecule has 4 heteroatoms. The molecule has 86 valence electrons. The molecule has 2 aromatic carbocycles. The molecule has 2 aromatic rings. The molecule has 0 bridgehead atoms. The number of benzene rings is 2. The summed E-state index contributed by atoms with van der Waals surface area (Å²) in [5, 5.41) is 0.299. The SMILES string of the molecule is O=C(c1ccccc1F)c1ccc(Br)cc1Cl. The summed E-state index contributed by atoms with van der Waals surface area (Å²) in [5.41, 5.74) is 0.316. The minimum atomic E-state index is -0.545.